The lowest BCUT2D eigenvalue weighted by atomic mass is 9.85. The van der Waals surface area contributed by atoms with Gasteiger partial charge in [0.2, 0.25) is 0 Å². The number of hydrogen-bond donors (Lipinski definition) is 4. The first kappa shape index (κ1) is 25.0. The summed E-state index contributed by atoms with van der Waals surface area (Å²) in [6, 6.07) is 7.71. The number of nitrogens with two attached hydrogens (primary N) is 3. The number of aliphatic imine (C=N–C) groups is 1. The molecule has 1 heterocycles. The molecule has 0 saturated heterocycles. The molecule has 0 radical (unpaired) electrons. The van der Waals surface area contributed by atoms with Crippen molar-refractivity contribution in [2.45, 2.75) is 32.1 Å². The molecule has 0 fully saturated rings. The van der Waals surface area contributed by atoms with Crippen molar-refractivity contribution >= 4 is 34.4 Å². The number of aromatic amines is 1. The molecular formula is C22H31N5O5. The van der Waals surface area contributed by atoms with E-state index in [4.69, 9.17) is 22.1 Å². The Morgan fingerprint density at radius 3 is 2.56 bits per heavy atom. The summed E-state index contributed by atoms with van der Waals surface area (Å²) in [6.45, 7) is 0.0612. The number of rotatable bonds is 14. The second-order valence-corrected chi connectivity index (χ2v) is 7.65. The zero-order valence-corrected chi connectivity index (χ0v) is 18.2. The number of aromatic nitrogens is 1. The van der Waals surface area contributed by atoms with Crippen molar-refractivity contribution in [3.63, 3.8) is 0 Å². The lowest BCUT2D eigenvalue weighted by Gasteiger charge is -2.19. The lowest BCUT2D eigenvalue weighted by molar-refractivity contribution is -0.148. The topological polar surface area (TPSA) is 176 Å². The Morgan fingerprint density at radius 2 is 1.88 bits per heavy atom. The average molecular weight is 446 g/mol. The Balaban J connectivity index is 2.16. The summed E-state index contributed by atoms with van der Waals surface area (Å²) in [5.41, 5.74) is 12.5. The van der Waals surface area contributed by atoms with E-state index in [1.807, 2.05) is 30.5 Å². The Bertz CT molecular complexity index is 951. The molecule has 2 aromatic rings. The van der Waals surface area contributed by atoms with Gasteiger partial charge in [-0.3, -0.25) is 24.2 Å². The molecule has 2 rings (SSSR count). The van der Waals surface area contributed by atoms with Gasteiger partial charge in [0.05, 0.1) is 13.0 Å². The van der Waals surface area contributed by atoms with E-state index in [9.17, 15) is 14.4 Å². The average Bonchev–Trinajstić information content (AvgIpc) is 3.17. The number of methoxy groups -OCH3 is 1. The number of ether oxygens (including phenoxy) is 1. The summed E-state index contributed by atoms with van der Waals surface area (Å²) < 4.78 is 4.87. The molecule has 0 amide bonds. The van der Waals surface area contributed by atoms with Crippen LogP contribution in [0.2, 0.25) is 0 Å². The molecule has 1 aromatic heterocycles. The molecule has 1 aromatic carbocycles. The molecule has 0 saturated carbocycles. The Hall–Kier alpha value is -3.24. The minimum atomic E-state index is -0.645. The van der Waals surface area contributed by atoms with Gasteiger partial charge in [-0.15, -0.1) is 0 Å². The van der Waals surface area contributed by atoms with Crippen molar-refractivity contribution in [2.75, 3.05) is 20.3 Å². The number of carbonyl (C=O) groups is 3. The monoisotopic (exact) mass is 445 g/mol. The van der Waals surface area contributed by atoms with Gasteiger partial charge < -0.3 is 21.2 Å². The summed E-state index contributed by atoms with van der Waals surface area (Å²) >= 11 is 0. The minimum absolute atomic E-state index is 0.0303. The van der Waals surface area contributed by atoms with Crippen LogP contribution in [0.1, 0.15) is 31.2 Å². The Kier molecular flexibility index (Phi) is 9.83. The zero-order valence-electron chi connectivity index (χ0n) is 18.2. The Morgan fingerprint density at radius 1 is 1.12 bits per heavy atom. The number of ketones is 2. The first-order valence-corrected chi connectivity index (χ1v) is 10.4. The van der Waals surface area contributed by atoms with Crippen LogP contribution < -0.4 is 17.4 Å². The van der Waals surface area contributed by atoms with Gasteiger partial charge in [-0.05, 0) is 30.9 Å². The molecule has 32 heavy (non-hydrogen) atoms. The first-order valence-electron chi connectivity index (χ1n) is 10.4. The van der Waals surface area contributed by atoms with E-state index >= 15 is 0 Å². The van der Waals surface area contributed by atoms with Crippen LogP contribution in [0.3, 0.4) is 0 Å². The standard InChI is InChI=1S/C22H31N5O5/c1-31-21(30)14(5-4-8-26-22(23)24)11-20(29)15(10-17(28)13-32-25)9-16-12-27-19-7-3-2-6-18(16)19/h2-3,6-7,12,14-15,27H,4-5,8-11,13,25H2,1H3,(H4,23,24,26). The highest BCUT2D eigenvalue weighted by atomic mass is 16.6. The number of benzene rings is 1. The number of para-hydroxylation sites is 1. The largest absolute Gasteiger partial charge is 0.469 e. The van der Waals surface area contributed by atoms with Crippen LogP contribution in [-0.4, -0.2) is 48.7 Å². The van der Waals surface area contributed by atoms with E-state index < -0.39 is 17.8 Å². The number of nitrogens with one attached hydrogen (secondary N) is 1. The van der Waals surface area contributed by atoms with Crippen LogP contribution in [0.5, 0.6) is 0 Å². The van der Waals surface area contributed by atoms with E-state index in [1.54, 1.807) is 0 Å². The van der Waals surface area contributed by atoms with Crippen LogP contribution >= 0.6 is 0 Å². The summed E-state index contributed by atoms with van der Waals surface area (Å²) in [5, 5.41) is 0.981. The molecule has 174 valence electrons. The molecule has 0 spiro atoms. The van der Waals surface area contributed by atoms with Crippen molar-refractivity contribution in [3.05, 3.63) is 36.0 Å². The van der Waals surface area contributed by atoms with Gasteiger partial charge >= 0.3 is 5.97 Å². The second-order valence-electron chi connectivity index (χ2n) is 7.65. The highest BCUT2D eigenvalue weighted by Crippen LogP contribution is 2.25. The number of nitrogens with zero attached hydrogens (tertiary/aromatic N) is 1. The van der Waals surface area contributed by atoms with Crippen molar-refractivity contribution in [3.8, 4) is 0 Å². The van der Waals surface area contributed by atoms with Crippen LogP contribution in [0.15, 0.2) is 35.5 Å². The highest BCUT2D eigenvalue weighted by Gasteiger charge is 2.29. The maximum absolute atomic E-state index is 13.2. The third-order valence-corrected chi connectivity index (χ3v) is 5.30. The van der Waals surface area contributed by atoms with Gasteiger partial charge in [0.1, 0.15) is 12.4 Å². The zero-order chi connectivity index (χ0) is 23.5. The SMILES string of the molecule is COC(=O)C(CCCN=C(N)N)CC(=O)C(CC(=O)CON)Cc1c[nH]c2ccccc12. The van der Waals surface area contributed by atoms with Crippen molar-refractivity contribution in [1.82, 2.24) is 4.98 Å². The summed E-state index contributed by atoms with van der Waals surface area (Å²) in [7, 11) is 1.28. The van der Waals surface area contributed by atoms with Gasteiger partial charge in [-0.1, -0.05) is 18.2 Å². The van der Waals surface area contributed by atoms with Crippen LogP contribution in [0.4, 0.5) is 0 Å². The van der Waals surface area contributed by atoms with Crippen molar-refractivity contribution in [1.29, 1.82) is 0 Å². The van der Waals surface area contributed by atoms with Gasteiger partial charge in [0.15, 0.2) is 11.7 Å². The number of guanidine groups is 1. The van der Waals surface area contributed by atoms with Gasteiger partial charge in [0.25, 0.3) is 0 Å². The van der Waals surface area contributed by atoms with Crippen molar-refractivity contribution < 1.29 is 24.0 Å². The maximum atomic E-state index is 13.2. The predicted octanol–water partition coefficient (Wildman–Crippen LogP) is 0.978. The number of Topliss-reactive ketones (excluding diaryl/α,β-unsaturated/α-hetero) is 2. The number of carbonyl (C=O) groups excluding carboxylic acids is 3. The van der Waals surface area contributed by atoms with E-state index in [-0.39, 0.29) is 37.0 Å². The van der Waals surface area contributed by atoms with E-state index in [0.717, 1.165) is 16.5 Å². The molecule has 10 heteroatoms. The first-order chi connectivity index (χ1) is 15.3. The molecule has 2 atom stereocenters. The van der Waals surface area contributed by atoms with E-state index in [1.165, 1.54) is 7.11 Å². The fourth-order valence-corrected chi connectivity index (χ4v) is 3.72. The van der Waals surface area contributed by atoms with Crippen LogP contribution in [0, 0.1) is 11.8 Å². The highest BCUT2D eigenvalue weighted by molar-refractivity contribution is 5.91. The van der Waals surface area contributed by atoms with E-state index in [2.05, 4.69) is 14.8 Å². The molecule has 2 unspecified atom stereocenters. The number of H-pyrrole nitrogens is 1. The molecule has 0 aliphatic rings. The quantitative estimate of drug-likeness (QED) is 0.109. The van der Waals surface area contributed by atoms with Gasteiger partial charge in [-0.25, -0.2) is 5.90 Å². The third kappa shape index (κ3) is 7.47. The molecule has 0 bridgehead atoms. The summed E-state index contributed by atoms with van der Waals surface area (Å²) in [4.78, 5) is 49.2. The summed E-state index contributed by atoms with van der Waals surface area (Å²) in [5.74, 6) is 2.76. The van der Waals surface area contributed by atoms with Gasteiger partial charge in [0, 0.05) is 42.4 Å². The number of esters is 1. The number of fused-ring (bicyclic) bond motifs is 1. The molecule has 7 N–H and O–H groups in total. The van der Waals surface area contributed by atoms with E-state index in [0.29, 0.717) is 25.8 Å². The normalized spacial score (nSPS) is 12.8. The third-order valence-electron chi connectivity index (χ3n) is 5.30. The fourth-order valence-electron chi connectivity index (χ4n) is 3.72. The van der Waals surface area contributed by atoms with Crippen molar-refractivity contribution in [2.24, 2.45) is 34.2 Å². The molecular weight excluding hydrogens is 414 g/mol. The second kappa shape index (κ2) is 12.6. The minimum Gasteiger partial charge on any atom is -0.469 e. The fraction of sp³-hybridized carbons (Fsp3) is 0.455. The Labute approximate surface area is 186 Å². The predicted molar refractivity (Wildman–Crippen MR) is 120 cm³/mol. The van der Waals surface area contributed by atoms with Gasteiger partial charge in [-0.2, -0.15) is 0 Å². The molecule has 0 aliphatic carbocycles. The maximum Gasteiger partial charge on any atom is 0.309 e. The number of hydrogen-bond acceptors (Lipinski definition) is 7. The smallest absolute Gasteiger partial charge is 0.309 e. The van der Waals surface area contributed by atoms with Crippen LogP contribution in [0.25, 0.3) is 10.9 Å². The molecule has 10 nitrogen and oxygen atoms in total. The lowest BCUT2D eigenvalue weighted by Crippen LogP contribution is -2.28. The molecule has 0 aliphatic heterocycles. The summed E-state index contributed by atoms with van der Waals surface area (Å²) in [6.07, 6.45) is 3.01. The van der Waals surface area contributed by atoms with Crippen LogP contribution in [-0.2, 0) is 30.4 Å².